The van der Waals surface area contributed by atoms with Crippen molar-refractivity contribution >= 4 is 11.6 Å². The second-order valence-electron chi connectivity index (χ2n) is 8.21. The first-order valence-corrected chi connectivity index (χ1v) is 9.81. The number of anilines is 1. The number of benzene rings is 1. The maximum absolute atomic E-state index is 11.9. The van der Waals surface area contributed by atoms with Gasteiger partial charge in [0.2, 0.25) is 0 Å². The molecule has 2 N–H and O–H groups in total. The first kappa shape index (κ1) is 18.0. The lowest BCUT2D eigenvalue weighted by atomic mass is 9.87. The van der Waals surface area contributed by atoms with Crippen molar-refractivity contribution in [2.45, 2.75) is 51.0 Å². The van der Waals surface area contributed by atoms with Crippen molar-refractivity contribution in [2.24, 2.45) is 5.73 Å². The first-order chi connectivity index (χ1) is 12.9. The van der Waals surface area contributed by atoms with E-state index in [0.717, 1.165) is 62.6 Å². The molecule has 0 unspecified atom stereocenters. The molecule has 2 aromatic rings. The molecule has 1 amide bonds. The Morgan fingerprint density at radius 1 is 1.30 bits per heavy atom. The van der Waals surface area contributed by atoms with Gasteiger partial charge in [0.05, 0.1) is 16.9 Å². The van der Waals surface area contributed by atoms with Crippen molar-refractivity contribution in [2.75, 3.05) is 24.6 Å². The lowest BCUT2D eigenvalue weighted by molar-refractivity contribution is -0.0604. The molecule has 1 aromatic carbocycles. The van der Waals surface area contributed by atoms with Gasteiger partial charge in [0.15, 0.2) is 0 Å². The molecule has 1 aromatic heterocycles. The van der Waals surface area contributed by atoms with Gasteiger partial charge in [-0.25, -0.2) is 4.98 Å². The molecule has 4 rings (SSSR count). The van der Waals surface area contributed by atoms with E-state index in [1.807, 2.05) is 24.5 Å². The van der Waals surface area contributed by atoms with Crippen LogP contribution >= 0.6 is 0 Å². The Morgan fingerprint density at radius 3 is 2.78 bits per heavy atom. The molecule has 2 fully saturated rings. The van der Waals surface area contributed by atoms with Crippen LogP contribution in [0.5, 0.6) is 0 Å². The minimum absolute atomic E-state index is 0.129. The summed E-state index contributed by atoms with van der Waals surface area (Å²) in [4.78, 5) is 18.9. The van der Waals surface area contributed by atoms with Crippen molar-refractivity contribution in [3.05, 3.63) is 42.0 Å². The van der Waals surface area contributed by atoms with E-state index in [9.17, 15) is 4.79 Å². The standard InChI is InChI=1S/C21H28N4O2/c1-21(2)14-15(7-12-27-21)20-23-8-11-25(20)16-5-6-17(19(22)26)18(13-16)24-9-3-4-10-24/h5-6,8,11,13,15H,3-4,7,9-10,12,14H2,1-2H3,(H2,22,26)/t15-/m0/s1. The quantitative estimate of drug-likeness (QED) is 0.899. The monoisotopic (exact) mass is 368 g/mol. The van der Waals surface area contributed by atoms with E-state index in [1.54, 1.807) is 0 Å². The number of aromatic nitrogens is 2. The predicted octanol–water partition coefficient (Wildman–Crippen LogP) is 3.24. The normalized spacial score (nSPS) is 22.1. The average molecular weight is 368 g/mol. The van der Waals surface area contributed by atoms with Crippen LogP contribution in [0.3, 0.4) is 0 Å². The maximum atomic E-state index is 11.9. The van der Waals surface area contributed by atoms with Gasteiger partial charge >= 0.3 is 0 Å². The third-order valence-electron chi connectivity index (χ3n) is 5.70. The van der Waals surface area contributed by atoms with Crippen LogP contribution in [0.1, 0.15) is 61.6 Å². The van der Waals surface area contributed by atoms with Crippen molar-refractivity contribution in [3.8, 4) is 5.69 Å². The highest BCUT2D eigenvalue weighted by Gasteiger charge is 2.32. The lowest BCUT2D eigenvalue weighted by Crippen LogP contribution is -2.33. The largest absolute Gasteiger partial charge is 0.376 e. The fourth-order valence-electron chi connectivity index (χ4n) is 4.39. The van der Waals surface area contributed by atoms with Gasteiger partial charge in [-0.3, -0.25) is 4.79 Å². The Morgan fingerprint density at radius 2 is 2.07 bits per heavy atom. The number of rotatable bonds is 4. The molecule has 0 aliphatic carbocycles. The molecule has 144 valence electrons. The summed E-state index contributed by atoms with van der Waals surface area (Å²) in [6.07, 6.45) is 8.08. The van der Waals surface area contributed by atoms with E-state index in [1.165, 1.54) is 0 Å². The van der Waals surface area contributed by atoms with Gasteiger partial charge in [-0.1, -0.05) is 0 Å². The molecule has 0 spiro atoms. The highest BCUT2D eigenvalue weighted by Crippen LogP contribution is 2.36. The summed E-state index contributed by atoms with van der Waals surface area (Å²) in [6, 6.07) is 5.90. The van der Waals surface area contributed by atoms with Crippen LogP contribution in [0.15, 0.2) is 30.6 Å². The third kappa shape index (κ3) is 3.58. The van der Waals surface area contributed by atoms with Crippen LogP contribution in [0.2, 0.25) is 0 Å². The summed E-state index contributed by atoms with van der Waals surface area (Å²) in [5.41, 5.74) is 8.05. The third-order valence-corrected chi connectivity index (χ3v) is 5.70. The van der Waals surface area contributed by atoms with Crippen LogP contribution in [-0.4, -0.2) is 40.8 Å². The highest BCUT2D eigenvalue weighted by molar-refractivity contribution is 5.99. The number of carbonyl (C=O) groups is 1. The Hall–Kier alpha value is -2.34. The number of hydrogen-bond donors (Lipinski definition) is 1. The van der Waals surface area contributed by atoms with Gasteiger partial charge in [0, 0.05) is 43.7 Å². The molecule has 3 heterocycles. The van der Waals surface area contributed by atoms with E-state index in [0.29, 0.717) is 11.5 Å². The second kappa shape index (κ2) is 7.00. The van der Waals surface area contributed by atoms with Crippen molar-refractivity contribution in [3.63, 3.8) is 0 Å². The van der Waals surface area contributed by atoms with E-state index in [-0.39, 0.29) is 11.5 Å². The van der Waals surface area contributed by atoms with Crippen LogP contribution in [-0.2, 0) is 4.74 Å². The molecule has 0 radical (unpaired) electrons. The van der Waals surface area contributed by atoms with Gasteiger partial charge in [-0.05, 0) is 57.7 Å². The number of amides is 1. The van der Waals surface area contributed by atoms with Crippen LogP contribution in [0.25, 0.3) is 5.69 Å². The summed E-state index contributed by atoms with van der Waals surface area (Å²) in [5.74, 6) is 1.04. The molecule has 2 aliphatic heterocycles. The zero-order valence-corrected chi connectivity index (χ0v) is 16.1. The maximum Gasteiger partial charge on any atom is 0.250 e. The van der Waals surface area contributed by atoms with Gasteiger partial charge in [-0.15, -0.1) is 0 Å². The lowest BCUT2D eigenvalue weighted by Gasteiger charge is -2.35. The predicted molar refractivity (Wildman–Crippen MR) is 106 cm³/mol. The number of ether oxygens (including phenoxy) is 1. The van der Waals surface area contributed by atoms with Crippen LogP contribution < -0.4 is 10.6 Å². The Balaban J connectivity index is 1.71. The smallest absolute Gasteiger partial charge is 0.250 e. The number of hydrogen-bond acceptors (Lipinski definition) is 4. The van der Waals surface area contributed by atoms with Gasteiger partial charge in [0.25, 0.3) is 5.91 Å². The summed E-state index contributed by atoms with van der Waals surface area (Å²) in [6.45, 7) is 6.96. The zero-order valence-electron chi connectivity index (χ0n) is 16.1. The SMILES string of the molecule is CC1(C)C[C@@H](c2nccn2-c2ccc(C(N)=O)c(N3CCCC3)c2)CCO1. The molecular weight excluding hydrogens is 340 g/mol. The fourth-order valence-corrected chi connectivity index (χ4v) is 4.39. The molecule has 0 bridgehead atoms. The second-order valence-corrected chi connectivity index (χ2v) is 8.21. The van der Waals surface area contributed by atoms with E-state index in [4.69, 9.17) is 10.5 Å². The molecule has 2 saturated heterocycles. The number of imidazole rings is 1. The fraction of sp³-hybridized carbons (Fsp3) is 0.524. The minimum Gasteiger partial charge on any atom is -0.376 e. The Labute approximate surface area is 160 Å². The minimum atomic E-state index is -0.375. The summed E-state index contributed by atoms with van der Waals surface area (Å²) in [5, 5.41) is 0. The zero-order chi connectivity index (χ0) is 19.0. The number of primary amides is 1. The van der Waals surface area contributed by atoms with E-state index >= 15 is 0 Å². The molecule has 1 atom stereocenters. The van der Waals surface area contributed by atoms with Crippen molar-refractivity contribution in [1.29, 1.82) is 0 Å². The molecule has 2 aliphatic rings. The van der Waals surface area contributed by atoms with Gasteiger partial charge < -0.3 is 19.9 Å². The van der Waals surface area contributed by atoms with Crippen molar-refractivity contribution in [1.82, 2.24) is 9.55 Å². The number of nitrogens with two attached hydrogens (primary N) is 1. The topological polar surface area (TPSA) is 73.4 Å². The summed E-state index contributed by atoms with van der Waals surface area (Å²) in [7, 11) is 0. The van der Waals surface area contributed by atoms with Gasteiger partial charge in [-0.2, -0.15) is 0 Å². The molecular formula is C21H28N4O2. The van der Waals surface area contributed by atoms with Crippen molar-refractivity contribution < 1.29 is 9.53 Å². The Kier molecular flexibility index (Phi) is 4.68. The Bertz CT molecular complexity index is 836. The average Bonchev–Trinajstić information content (AvgIpc) is 3.32. The highest BCUT2D eigenvalue weighted by atomic mass is 16.5. The summed E-state index contributed by atoms with van der Waals surface area (Å²) >= 11 is 0. The van der Waals surface area contributed by atoms with Crippen LogP contribution in [0.4, 0.5) is 5.69 Å². The van der Waals surface area contributed by atoms with E-state index < -0.39 is 0 Å². The molecule has 6 heteroatoms. The molecule has 6 nitrogen and oxygen atoms in total. The van der Waals surface area contributed by atoms with Gasteiger partial charge in [0.1, 0.15) is 5.82 Å². The van der Waals surface area contributed by atoms with E-state index in [2.05, 4.69) is 34.4 Å². The van der Waals surface area contributed by atoms with Crippen LogP contribution in [0, 0.1) is 0 Å². The summed E-state index contributed by atoms with van der Waals surface area (Å²) < 4.78 is 8.02. The molecule has 0 saturated carbocycles. The molecule has 27 heavy (non-hydrogen) atoms. The first-order valence-electron chi connectivity index (χ1n) is 9.81. The number of carbonyl (C=O) groups excluding carboxylic acids is 1. The number of nitrogens with zero attached hydrogens (tertiary/aromatic N) is 3.